The number of aliphatic carboxylic acids is 1. The summed E-state index contributed by atoms with van der Waals surface area (Å²) in [4.78, 5) is 23.7. The third-order valence-electron chi connectivity index (χ3n) is 2.40. The number of hydrogen-bond donors (Lipinski definition) is 1. The number of carbonyl (C=O) groups excluding carboxylic acids is 1. The Balaban J connectivity index is 2.70. The van der Waals surface area contributed by atoms with Crippen molar-refractivity contribution in [1.82, 2.24) is 4.90 Å². The van der Waals surface area contributed by atoms with E-state index in [1.165, 1.54) is 24.3 Å². The van der Waals surface area contributed by atoms with Crippen molar-refractivity contribution < 1.29 is 23.8 Å². The van der Waals surface area contributed by atoms with Crippen LogP contribution in [0.4, 0.5) is 4.39 Å². The van der Waals surface area contributed by atoms with Gasteiger partial charge in [-0.2, -0.15) is 0 Å². The summed E-state index contributed by atoms with van der Waals surface area (Å²) in [5.41, 5.74) is 0.660. The van der Waals surface area contributed by atoms with Crippen molar-refractivity contribution in [3.05, 3.63) is 35.6 Å². The monoisotopic (exact) mass is 269 g/mol. The van der Waals surface area contributed by atoms with Gasteiger partial charge in [0.15, 0.2) is 0 Å². The first kappa shape index (κ1) is 15.1. The van der Waals surface area contributed by atoms with E-state index >= 15 is 0 Å². The van der Waals surface area contributed by atoms with E-state index in [1.807, 2.05) is 0 Å². The summed E-state index contributed by atoms with van der Waals surface area (Å²) in [5, 5.41) is 8.79. The molecule has 1 rings (SSSR count). The van der Waals surface area contributed by atoms with Gasteiger partial charge in [-0.25, -0.2) is 4.39 Å². The molecule has 1 N–H and O–H groups in total. The standard InChI is InChI=1S/C13H16FNO4/c1-2-19-9-12(16)15(8-13(17)18)7-10-3-5-11(14)6-4-10/h3-6H,2,7-9H2,1H3,(H,17,18). The van der Waals surface area contributed by atoms with Gasteiger partial charge in [0.05, 0.1) is 0 Å². The summed E-state index contributed by atoms with van der Waals surface area (Å²) in [6, 6.07) is 5.55. The molecule has 0 spiro atoms. The van der Waals surface area contributed by atoms with Crippen LogP contribution in [0, 0.1) is 5.82 Å². The van der Waals surface area contributed by atoms with Crippen LogP contribution in [-0.2, 0) is 20.9 Å². The number of ether oxygens (including phenoxy) is 1. The largest absolute Gasteiger partial charge is 0.480 e. The highest BCUT2D eigenvalue weighted by molar-refractivity contribution is 5.82. The van der Waals surface area contributed by atoms with E-state index in [-0.39, 0.29) is 19.0 Å². The first-order chi connectivity index (χ1) is 9.02. The Labute approximate surface area is 110 Å². The van der Waals surface area contributed by atoms with E-state index in [0.717, 1.165) is 4.90 Å². The molecule has 1 aromatic carbocycles. The number of carboxylic acid groups (broad SMARTS) is 1. The fourth-order valence-corrected chi connectivity index (χ4v) is 1.49. The minimum Gasteiger partial charge on any atom is -0.480 e. The van der Waals surface area contributed by atoms with Gasteiger partial charge in [-0.05, 0) is 24.6 Å². The van der Waals surface area contributed by atoms with Crippen LogP contribution in [0.15, 0.2) is 24.3 Å². The maximum atomic E-state index is 12.8. The third kappa shape index (κ3) is 5.48. The van der Waals surface area contributed by atoms with Gasteiger partial charge in [0.25, 0.3) is 0 Å². The molecule has 19 heavy (non-hydrogen) atoms. The second-order valence-electron chi connectivity index (χ2n) is 3.91. The lowest BCUT2D eigenvalue weighted by atomic mass is 10.2. The zero-order valence-corrected chi connectivity index (χ0v) is 10.6. The summed E-state index contributed by atoms with van der Waals surface area (Å²) >= 11 is 0. The molecule has 6 heteroatoms. The number of amides is 1. The van der Waals surface area contributed by atoms with Crippen molar-refractivity contribution in [3.8, 4) is 0 Å². The van der Waals surface area contributed by atoms with Gasteiger partial charge in [-0.1, -0.05) is 12.1 Å². The Morgan fingerprint density at radius 3 is 2.47 bits per heavy atom. The summed E-state index contributed by atoms with van der Waals surface area (Å²) < 4.78 is 17.7. The Bertz CT molecular complexity index is 433. The molecule has 0 unspecified atom stereocenters. The quantitative estimate of drug-likeness (QED) is 0.809. The van der Waals surface area contributed by atoms with Crippen molar-refractivity contribution in [3.63, 3.8) is 0 Å². The van der Waals surface area contributed by atoms with Gasteiger partial charge in [0.1, 0.15) is 19.0 Å². The lowest BCUT2D eigenvalue weighted by Crippen LogP contribution is -2.37. The topological polar surface area (TPSA) is 66.8 Å². The molecule has 0 fully saturated rings. The second kappa shape index (κ2) is 7.48. The summed E-state index contributed by atoms with van der Waals surface area (Å²) in [6.07, 6.45) is 0. The molecule has 0 saturated heterocycles. The van der Waals surface area contributed by atoms with E-state index in [1.54, 1.807) is 6.92 Å². The Morgan fingerprint density at radius 2 is 1.95 bits per heavy atom. The van der Waals surface area contributed by atoms with Crippen LogP contribution >= 0.6 is 0 Å². The highest BCUT2D eigenvalue weighted by atomic mass is 19.1. The maximum Gasteiger partial charge on any atom is 0.323 e. The molecule has 0 radical (unpaired) electrons. The fourth-order valence-electron chi connectivity index (χ4n) is 1.49. The average molecular weight is 269 g/mol. The SMILES string of the molecule is CCOCC(=O)N(CC(=O)O)Cc1ccc(F)cc1. The van der Waals surface area contributed by atoms with Gasteiger partial charge in [-0.15, -0.1) is 0 Å². The smallest absolute Gasteiger partial charge is 0.323 e. The van der Waals surface area contributed by atoms with Crippen molar-refractivity contribution >= 4 is 11.9 Å². The molecule has 5 nitrogen and oxygen atoms in total. The van der Waals surface area contributed by atoms with Crippen molar-refractivity contribution in [2.45, 2.75) is 13.5 Å². The van der Waals surface area contributed by atoms with Gasteiger partial charge in [-0.3, -0.25) is 9.59 Å². The summed E-state index contributed by atoms with van der Waals surface area (Å²) in [5.74, 6) is -1.89. The number of carboxylic acids is 1. The molecule has 0 atom stereocenters. The highest BCUT2D eigenvalue weighted by Gasteiger charge is 2.17. The Morgan fingerprint density at radius 1 is 1.32 bits per heavy atom. The number of rotatable bonds is 7. The van der Waals surface area contributed by atoms with Gasteiger partial charge < -0.3 is 14.7 Å². The van der Waals surface area contributed by atoms with Crippen LogP contribution < -0.4 is 0 Å². The zero-order chi connectivity index (χ0) is 14.3. The number of hydrogen-bond acceptors (Lipinski definition) is 3. The lowest BCUT2D eigenvalue weighted by molar-refractivity contribution is -0.146. The Hall–Kier alpha value is -1.95. The molecular formula is C13H16FNO4. The van der Waals surface area contributed by atoms with Crippen LogP contribution in [0.3, 0.4) is 0 Å². The molecular weight excluding hydrogens is 253 g/mol. The second-order valence-corrected chi connectivity index (χ2v) is 3.91. The van der Waals surface area contributed by atoms with Crippen LogP contribution in [0.5, 0.6) is 0 Å². The molecule has 0 aliphatic heterocycles. The van der Waals surface area contributed by atoms with Crippen molar-refractivity contribution in [2.24, 2.45) is 0 Å². The Kier molecular flexibility index (Phi) is 5.95. The molecule has 104 valence electrons. The average Bonchev–Trinajstić information content (AvgIpc) is 2.37. The molecule has 0 heterocycles. The fraction of sp³-hybridized carbons (Fsp3) is 0.385. The predicted octanol–water partition coefficient (Wildman–Crippen LogP) is 1.28. The molecule has 0 saturated carbocycles. The zero-order valence-electron chi connectivity index (χ0n) is 10.6. The molecule has 0 aliphatic carbocycles. The minimum absolute atomic E-state index is 0.110. The minimum atomic E-state index is -1.10. The molecule has 0 aliphatic rings. The number of halogens is 1. The van der Waals surface area contributed by atoms with E-state index in [9.17, 15) is 14.0 Å². The highest BCUT2D eigenvalue weighted by Crippen LogP contribution is 2.07. The molecule has 1 amide bonds. The first-order valence-electron chi connectivity index (χ1n) is 5.84. The third-order valence-corrected chi connectivity index (χ3v) is 2.40. The predicted molar refractivity (Wildman–Crippen MR) is 65.9 cm³/mol. The van der Waals surface area contributed by atoms with Gasteiger partial charge in [0.2, 0.25) is 5.91 Å². The van der Waals surface area contributed by atoms with Crippen molar-refractivity contribution in [2.75, 3.05) is 19.8 Å². The van der Waals surface area contributed by atoms with E-state index in [2.05, 4.69) is 0 Å². The van der Waals surface area contributed by atoms with Crippen LogP contribution in [0.25, 0.3) is 0 Å². The van der Waals surface area contributed by atoms with Gasteiger partial charge in [0, 0.05) is 13.2 Å². The number of carbonyl (C=O) groups is 2. The maximum absolute atomic E-state index is 12.8. The normalized spacial score (nSPS) is 10.2. The van der Waals surface area contributed by atoms with E-state index in [4.69, 9.17) is 9.84 Å². The van der Waals surface area contributed by atoms with Gasteiger partial charge >= 0.3 is 5.97 Å². The lowest BCUT2D eigenvalue weighted by Gasteiger charge is -2.20. The summed E-state index contributed by atoms with van der Waals surface area (Å²) in [7, 11) is 0. The molecule has 1 aromatic rings. The first-order valence-corrected chi connectivity index (χ1v) is 5.84. The summed E-state index contributed by atoms with van der Waals surface area (Å²) in [6.45, 7) is 1.66. The molecule has 0 aromatic heterocycles. The molecule has 0 bridgehead atoms. The van der Waals surface area contributed by atoms with Crippen molar-refractivity contribution in [1.29, 1.82) is 0 Å². The van der Waals surface area contributed by atoms with E-state index < -0.39 is 18.4 Å². The van der Waals surface area contributed by atoms with Crippen LogP contribution in [-0.4, -0.2) is 41.6 Å². The van der Waals surface area contributed by atoms with E-state index in [0.29, 0.717) is 12.2 Å². The van der Waals surface area contributed by atoms with Crippen LogP contribution in [0.1, 0.15) is 12.5 Å². The number of benzene rings is 1. The number of nitrogens with zero attached hydrogens (tertiary/aromatic N) is 1. The van der Waals surface area contributed by atoms with Crippen LogP contribution in [0.2, 0.25) is 0 Å².